The molecule has 0 saturated carbocycles. The van der Waals surface area contributed by atoms with Crippen LogP contribution in [0, 0.1) is 0 Å². The number of carbonyl (C=O) groups excluding carboxylic acids is 1. The number of phosphoric ester groups is 1. The Hall–Kier alpha value is -2.65. The highest BCUT2D eigenvalue weighted by molar-refractivity contribution is 7.46. The van der Waals surface area contributed by atoms with Crippen molar-refractivity contribution in [2.45, 2.75) is 37.1 Å². The van der Waals surface area contributed by atoms with Crippen molar-refractivity contribution >= 4 is 30.8 Å². The number of rotatable bonds is 8. The van der Waals surface area contributed by atoms with Crippen LogP contribution in [0.25, 0.3) is 11.2 Å². The van der Waals surface area contributed by atoms with Gasteiger partial charge in [-0.15, -0.1) is 0 Å². The van der Waals surface area contributed by atoms with Crippen molar-refractivity contribution in [1.82, 2.24) is 24.8 Å². The topological polar surface area (TPSA) is 235 Å². The summed E-state index contributed by atoms with van der Waals surface area (Å²) in [5.41, 5.74) is 4.77. The predicted octanol–water partition coefficient (Wildman–Crippen LogP) is -2.51. The number of imidazole rings is 1. The molecule has 2 aromatic rings. The monoisotopic (exact) mass is 460 g/mol. The summed E-state index contributed by atoms with van der Waals surface area (Å²) in [5.74, 6) is -0.746. The van der Waals surface area contributed by atoms with E-state index in [1.54, 1.807) is 0 Å². The van der Waals surface area contributed by atoms with Gasteiger partial charge in [0.05, 0.1) is 6.33 Å². The van der Waals surface area contributed by atoms with Crippen LogP contribution >= 0.6 is 7.82 Å². The van der Waals surface area contributed by atoms with Crippen molar-refractivity contribution < 1.29 is 38.6 Å². The van der Waals surface area contributed by atoms with Crippen LogP contribution in [-0.2, 0) is 18.6 Å². The van der Waals surface area contributed by atoms with E-state index in [1.165, 1.54) is 0 Å². The van der Waals surface area contributed by atoms with Crippen LogP contribution in [0.3, 0.4) is 0 Å². The molecule has 15 nitrogen and oxygen atoms in total. The van der Waals surface area contributed by atoms with Gasteiger partial charge >= 0.3 is 7.82 Å². The van der Waals surface area contributed by atoms with Crippen LogP contribution < -0.4 is 16.6 Å². The van der Waals surface area contributed by atoms with Crippen LogP contribution in [0.2, 0.25) is 0 Å². The molecular weight excluding hydrogens is 439 g/mol. The lowest BCUT2D eigenvalue weighted by Crippen LogP contribution is -2.41. The lowest BCUT2D eigenvalue weighted by molar-refractivity contribution is -0.116. The van der Waals surface area contributed by atoms with Gasteiger partial charge in [-0.3, -0.25) is 23.7 Å². The van der Waals surface area contributed by atoms with Crippen molar-refractivity contribution in [3.8, 4) is 0 Å². The third kappa shape index (κ3) is 4.99. The van der Waals surface area contributed by atoms with Gasteiger partial charge in [-0.05, 0) is 12.5 Å². The number of phosphoric acid groups is 1. The number of nitrogen functional groups attached to an aromatic ring is 1. The maximum Gasteiger partial charge on any atom is 0.469 e. The highest BCUT2D eigenvalue weighted by Gasteiger charge is 2.49. The van der Waals surface area contributed by atoms with E-state index in [0.29, 0.717) is 0 Å². The minimum Gasteiger partial charge on any atom is -0.387 e. The zero-order valence-electron chi connectivity index (χ0n) is 15.9. The van der Waals surface area contributed by atoms with Gasteiger partial charge in [-0.25, -0.2) is 9.55 Å². The number of amides is 1. The molecular formula is C15H21N6O9P. The van der Waals surface area contributed by atoms with Crippen LogP contribution in [0.1, 0.15) is 12.6 Å². The molecule has 1 saturated heterocycles. The number of hydrogen-bond donors (Lipinski definition) is 7. The number of aromatic nitrogens is 4. The number of hydrogen-bond acceptors (Lipinski definition) is 10. The SMILES string of the molecule is C=CC(=O)NCCC(OP(=O)(O)O)[C@@H]1O[C@@H](n2cnc3c(=O)[nH]c(N)nc32)[C@H](O)[C@@H]1O. The molecule has 31 heavy (non-hydrogen) atoms. The van der Waals surface area contributed by atoms with Gasteiger partial charge in [0.15, 0.2) is 17.4 Å². The van der Waals surface area contributed by atoms with Gasteiger partial charge in [0.25, 0.3) is 5.56 Å². The number of carbonyl (C=O) groups is 1. The highest BCUT2D eigenvalue weighted by atomic mass is 31.2. The normalized spacial score (nSPS) is 24.9. The standard InChI is InChI=1S/C15H21N6O9P/c1-2-7(22)17-4-3-6(30-31(26,27)28)11-9(23)10(24)14(29-11)21-5-18-8-12(21)19-15(16)20-13(8)25/h2,5-6,9-11,14,23-24H,1,3-4H2,(H,17,22)(H2,26,27,28)(H3,16,19,20,25)/t6?,9-,10+,11-,14+/m0/s1. The molecule has 16 heteroatoms. The molecule has 5 atom stereocenters. The minimum atomic E-state index is -5.02. The third-order valence-electron chi connectivity index (χ3n) is 4.55. The average molecular weight is 460 g/mol. The molecule has 3 heterocycles. The zero-order chi connectivity index (χ0) is 22.9. The largest absolute Gasteiger partial charge is 0.469 e. The second-order valence-electron chi connectivity index (χ2n) is 6.67. The first-order valence-electron chi connectivity index (χ1n) is 8.90. The summed E-state index contributed by atoms with van der Waals surface area (Å²) in [6, 6.07) is 0. The maximum absolute atomic E-state index is 11.9. The summed E-state index contributed by atoms with van der Waals surface area (Å²) < 4.78 is 22.9. The van der Waals surface area contributed by atoms with E-state index in [1.807, 2.05) is 0 Å². The van der Waals surface area contributed by atoms with Crippen molar-refractivity contribution in [3.05, 3.63) is 29.3 Å². The number of nitrogens with one attached hydrogen (secondary N) is 2. The summed E-state index contributed by atoms with van der Waals surface area (Å²) in [5, 5.41) is 23.4. The predicted molar refractivity (Wildman–Crippen MR) is 103 cm³/mol. The molecule has 1 aliphatic heterocycles. The number of aliphatic hydroxyl groups excluding tert-OH is 2. The Labute approximate surface area is 173 Å². The number of nitrogens with two attached hydrogens (primary N) is 1. The maximum atomic E-state index is 11.9. The van der Waals surface area contributed by atoms with Gasteiger partial charge in [-0.1, -0.05) is 6.58 Å². The van der Waals surface area contributed by atoms with Gasteiger partial charge in [0, 0.05) is 6.54 Å². The van der Waals surface area contributed by atoms with E-state index in [-0.39, 0.29) is 30.1 Å². The number of aliphatic hydroxyl groups is 2. The molecule has 2 aromatic heterocycles. The Morgan fingerprint density at radius 1 is 1.48 bits per heavy atom. The van der Waals surface area contributed by atoms with E-state index >= 15 is 0 Å². The van der Waals surface area contributed by atoms with Gasteiger partial charge in [0.1, 0.15) is 24.4 Å². The molecule has 1 unspecified atom stereocenters. The lowest BCUT2D eigenvalue weighted by Gasteiger charge is -2.26. The average Bonchev–Trinajstić information content (AvgIpc) is 3.21. The molecule has 3 rings (SSSR count). The summed E-state index contributed by atoms with van der Waals surface area (Å²) in [4.78, 5) is 51.8. The summed E-state index contributed by atoms with van der Waals surface area (Å²) in [6.45, 7) is 3.19. The van der Waals surface area contributed by atoms with Crippen LogP contribution in [0.15, 0.2) is 23.8 Å². The Morgan fingerprint density at radius 2 is 2.19 bits per heavy atom. The molecule has 0 aromatic carbocycles. The van der Waals surface area contributed by atoms with Gasteiger partial charge in [-0.2, -0.15) is 4.98 Å². The molecule has 8 N–H and O–H groups in total. The van der Waals surface area contributed by atoms with Crippen LogP contribution in [0.5, 0.6) is 0 Å². The summed E-state index contributed by atoms with van der Waals surface area (Å²) in [6.07, 6.45) is -5.45. The first-order valence-corrected chi connectivity index (χ1v) is 10.4. The third-order valence-corrected chi connectivity index (χ3v) is 5.10. The number of aromatic amines is 1. The molecule has 0 radical (unpaired) electrons. The molecule has 1 fully saturated rings. The Bertz CT molecular complexity index is 1080. The van der Waals surface area contributed by atoms with Crippen molar-refractivity contribution in [1.29, 1.82) is 0 Å². The molecule has 170 valence electrons. The molecule has 0 bridgehead atoms. The summed E-state index contributed by atoms with van der Waals surface area (Å²) >= 11 is 0. The number of ether oxygens (including phenoxy) is 1. The number of fused-ring (bicyclic) bond motifs is 1. The Balaban J connectivity index is 1.87. The van der Waals surface area contributed by atoms with Crippen LogP contribution in [0.4, 0.5) is 5.95 Å². The minimum absolute atomic E-state index is 0.0381. The van der Waals surface area contributed by atoms with Crippen LogP contribution in [-0.4, -0.2) is 76.4 Å². The zero-order valence-corrected chi connectivity index (χ0v) is 16.8. The quantitative estimate of drug-likeness (QED) is 0.160. The molecule has 0 aliphatic carbocycles. The van der Waals surface area contributed by atoms with E-state index in [9.17, 15) is 34.2 Å². The van der Waals surface area contributed by atoms with E-state index < -0.39 is 49.9 Å². The van der Waals surface area contributed by atoms with Gasteiger partial charge in [0.2, 0.25) is 11.9 Å². The van der Waals surface area contributed by atoms with E-state index in [2.05, 4.69) is 26.8 Å². The highest BCUT2D eigenvalue weighted by Crippen LogP contribution is 2.42. The van der Waals surface area contributed by atoms with E-state index in [0.717, 1.165) is 17.0 Å². The first-order chi connectivity index (χ1) is 14.5. The Morgan fingerprint density at radius 3 is 2.84 bits per heavy atom. The molecule has 0 spiro atoms. The summed E-state index contributed by atoms with van der Waals surface area (Å²) in [7, 11) is -5.02. The number of H-pyrrole nitrogens is 1. The molecule has 1 aliphatic rings. The lowest BCUT2D eigenvalue weighted by atomic mass is 10.0. The number of anilines is 1. The fourth-order valence-electron chi connectivity index (χ4n) is 3.22. The smallest absolute Gasteiger partial charge is 0.387 e. The van der Waals surface area contributed by atoms with Crippen molar-refractivity contribution in [2.75, 3.05) is 12.3 Å². The van der Waals surface area contributed by atoms with Crippen molar-refractivity contribution in [3.63, 3.8) is 0 Å². The Kier molecular flexibility index (Phi) is 6.56. The van der Waals surface area contributed by atoms with Gasteiger partial charge < -0.3 is 35.8 Å². The van der Waals surface area contributed by atoms with Crippen molar-refractivity contribution in [2.24, 2.45) is 0 Å². The fraction of sp³-hybridized carbons (Fsp3) is 0.467. The fourth-order valence-corrected chi connectivity index (χ4v) is 3.79. The second kappa shape index (κ2) is 8.84. The second-order valence-corrected chi connectivity index (χ2v) is 7.86. The molecule has 1 amide bonds. The first kappa shape index (κ1) is 23.0. The van der Waals surface area contributed by atoms with E-state index in [4.69, 9.17) is 15.0 Å². The number of nitrogens with zero attached hydrogens (tertiary/aromatic N) is 3.